The number of carbonyl (C=O) groups is 2. The van der Waals surface area contributed by atoms with Gasteiger partial charge in [-0.05, 0) is 36.6 Å². The standard InChI is InChI=1S/C13H8FNO2S/c1-7-11(4-5-18-7)15-12(16)9-3-2-8(14)6-10(9)13(15)17/h2-6H,1H3. The first-order chi connectivity index (χ1) is 8.59. The van der Waals surface area contributed by atoms with Crippen LogP contribution in [0.4, 0.5) is 10.1 Å². The fraction of sp³-hybridized carbons (Fsp3) is 0.0769. The number of rotatable bonds is 1. The highest BCUT2D eigenvalue weighted by molar-refractivity contribution is 7.10. The molecule has 2 amide bonds. The van der Waals surface area contributed by atoms with E-state index in [-0.39, 0.29) is 11.1 Å². The molecule has 1 aliphatic heterocycles. The molecule has 3 nitrogen and oxygen atoms in total. The van der Waals surface area contributed by atoms with Crippen molar-refractivity contribution in [3.8, 4) is 0 Å². The highest BCUT2D eigenvalue weighted by atomic mass is 32.1. The van der Waals surface area contributed by atoms with Gasteiger partial charge in [-0.25, -0.2) is 9.29 Å². The zero-order valence-corrected chi connectivity index (χ0v) is 10.3. The lowest BCUT2D eigenvalue weighted by atomic mass is 10.1. The molecule has 1 aromatic heterocycles. The van der Waals surface area contributed by atoms with Gasteiger partial charge in [-0.1, -0.05) is 0 Å². The molecule has 90 valence electrons. The molecule has 0 atom stereocenters. The van der Waals surface area contributed by atoms with Gasteiger partial charge in [0, 0.05) is 4.88 Å². The number of hydrogen-bond acceptors (Lipinski definition) is 3. The molecule has 0 spiro atoms. The summed E-state index contributed by atoms with van der Waals surface area (Å²) in [5.74, 6) is -1.37. The number of carbonyl (C=O) groups excluding carboxylic acids is 2. The van der Waals surface area contributed by atoms with Gasteiger partial charge in [0.1, 0.15) is 5.82 Å². The number of fused-ring (bicyclic) bond motifs is 1. The smallest absolute Gasteiger partial charge is 0.266 e. The Hall–Kier alpha value is -2.01. The van der Waals surface area contributed by atoms with E-state index in [2.05, 4.69) is 0 Å². The van der Waals surface area contributed by atoms with E-state index in [1.54, 1.807) is 6.07 Å². The lowest BCUT2D eigenvalue weighted by Gasteiger charge is -2.12. The first-order valence-electron chi connectivity index (χ1n) is 5.32. The summed E-state index contributed by atoms with van der Waals surface area (Å²) in [6.07, 6.45) is 0. The van der Waals surface area contributed by atoms with Gasteiger partial charge in [0.2, 0.25) is 0 Å². The summed E-state index contributed by atoms with van der Waals surface area (Å²) in [6.45, 7) is 1.84. The molecule has 0 bridgehead atoms. The van der Waals surface area contributed by atoms with Crippen LogP contribution in [0.15, 0.2) is 29.6 Å². The minimum Gasteiger partial charge on any atom is -0.268 e. The Kier molecular flexibility index (Phi) is 2.31. The van der Waals surface area contributed by atoms with Gasteiger partial charge in [-0.2, -0.15) is 0 Å². The Labute approximate surface area is 106 Å². The molecule has 0 aliphatic carbocycles. The fourth-order valence-electron chi connectivity index (χ4n) is 2.04. The lowest BCUT2D eigenvalue weighted by molar-refractivity contribution is 0.0926. The van der Waals surface area contributed by atoms with Gasteiger partial charge in [0.05, 0.1) is 16.8 Å². The summed E-state index contributed by atoms with van der Waals surface area (Å²) in [5, 5.41) is 1.81. The molecule has 3 rings (SSSR count). The van der Waals surface area contributed by atoms with E-state index in [0.29, 0.717) is 5.69 Å². The maximum Gasteiger partial charge on any atom is 0.266 e. The molecular weight excluding hydrogens is 253 g/mol. The average molecular weight is 261 g/mol. The fourth-order valence-corrected chi connectivity index (χ4v) is 2.72. The Morgan fingerprint density at radius 3 is 2.50 bits per heavy atom. The van der Waals surface area contributed by atoms with Gasteiger partial charge in [0.25, 0.3) is 11.8 Å². The molecule has 1 aromatic carbocycles. The number of anilines is 1. The Morgan fingerprint density at radius 2 is 1.83 bits per heavy atom. The Morgan fingerprint density at radius 1 is 1.11 bits per heavy atom. The van der Waals surface area contributed by atoms with E-state index in [9.17, 15) is 14.0 Å². The van der Waals surface area contributed by atoms with Crippen LogP contribution in [-0.4, -0.2) is 11.8 Å². The summed E-state index contributed by atoms with van der Waals surface area (Å²) in [7, 11) is 0. The van der Waals surface area contributed by atoms with Gasteiger partial charge < -0.3 is 0 Å². The summed E-state index contributed by atoms with van der Waals surface area (Å²) < 4.78 is 13.1. The third-order valence-electron chi connectivity index (χ3n) is 2.92. The monoisotopic (exact) mass is 261 g/mol. The van der Waals surface area contributed by atoms with Crippen LogP contribution in [0.1, 0.15) is 25.6 Å². The predicted octanol–water partition coefficient (Wildman–Crippen LogP) is 3.00. The van der Waals surface area contributed by atoms with Crippen LogP contribution >= 0.6 is 11.3 Å². The van der Waals surface area contributed by atoms with Gasteiger partial charge >= 0.3 is 0 Å². The van der Waals surface area contributed by atoms with Crippen molar-refractivity contribution in [2.75, 3.05) is 4.90 Å². The van der Waals surface area contributed by atoms with Crippen molar-refractivity contribution in [2.45, 2.75) is 6.92 Å². The SMILES string of the molecule is Cc1sccc1N1C(=O)c2ccc(F)cc2C1=O. The predicted molar refractivity (Wildman–Crippen MR) is 66.6 cm³/mol. The minimum absolute atomic E-state index is 0.130. The van der Waals surface area contributed by atoms with Crippen LogP contribution in [0.3, 0.4) is 0 Å². The minimum atomic E-state index is -0.515. The van der Waals surface area contributed by atoms with Crippen LogP contribution in [0, 0.1) is 12.7 Å². The maximum atomic E-state index is 13.1. The van der Waals surface area contributed by atoms with Gasteiger partial charge in [-0.15, -0.1) is 11.3 Å². The van der Waals surface area contributed by atoms with E-state index in [4.69, 9.17) is 0 Å². The Bertz CT molecular complexity index is 677. The largest absolute Gasteiger partial charge is 0.268 e. The molecule has 0 radical (unpaired) electrons. The third kappa shape index (κ3) is 1.41. The molecule has 0 saturated carbocycles. The second-order valence-electron chi connectivity index (χ2n) is 4.00. The second kappa shape index (κ2) is 3.74. The third-order valence-corrected chi connectivity index (χ3v) is 3.76. The molecule has 0 N–H and O–H groups in total. The number of hydrogen-bond donors (Lipinski definition) is 0. The number of aryl methyl sites for hydroxylation is 1. The van der Waals surface area contributed by atoms with Crippen LogP contribution in [0.5, 0.6) is 0 Å². The van der Waals surface area contributed by atoms with Crippen molar-refractivity contribution >= 4 is 28.8 Å². The zero-order chi connectivity index (χ0) is 12.9. The van der Waals surface area contributed by atoms with Crippen molar-refractivity contribution in [1.82, 2.24) is 0 Å². The van der Waals surface area contributed by atoms with Gasteiger partial charge in [0.15, 0.2) is 0 Å². The van der Waals surface area contributed by atoms with Crippen molar-refractivity contribution in [1.29, 1.82) is 0 Å². The normalized spacial score (nSPS) is 14.2. The van der Waals surface area contributed by atoms with Crippen LogP contribution in [0.25, 0.3) is 0 Å². The molecule has 1 aliphatic rings. The van der Waals surface area contributed by atoms with Crippen molar-refractivity contribution in [3.63, 3.8) is 0 Å². The molecule has 18 heavy (non-hydrogen) atoms. The zero-order valence-electron chi connectivity index (χ0n) is 9.44. The van der Waals surface area contributed by atoms with Crippen molar-refractivity contribution in [3.05, 3.63) is 51.5 Å². The number of benzene rings is 1. The first kappa shape index (κ1) is 11.1. The molecule has 0 fully saturated rings. The highest BCUT2D eigenvalue weighted by Crippen LogP contribution is 2.33. The van der Waals surface area contributed by atoms with E-state index in [0.717, 1.165) is 15.8 Å². The van der Waals surface area contributed by atoms with Crippen LogP contribution in [0.2, 0.25) is 0 Å². The molecule has 5 heteroatoms. The molecule has 2 heterocycles. The Balaban J connectivity index is 2.16. The van der Waals surface area contributed by atoms with Crippen LogP contribution in [-0.2, 0) is 0 Å². The molecule has 2 aromatic rings. The summed E-state index contributed by atoms with van der Waals surface area (Å²) in [6, 6.07) is 5.37. The summed E-state index contributed by atoms with van der Waals surface area (Å²) in [4.78, 5) is 26.3. The number of imide groups is 1. The highest BCUT2D eigenvalue weighted by Gasteiger charge is 2.37. The first-order valence-corrected chi connectivity index (χ1v) is 6.20. The van der Waals surface area contributed by atoms with E-state index in [1.165, 1.54) is 23.5 Å². The molecular formula is C13H8FNO2S. The quantitative estimate of drug-likeness (QED) is 0.740. The number of halogens is 1. The van der Waals surface area contributed by atoms with Crippen molar-refractivity contribution in [2.24, 2.45) is 0 Å². The van der Waals surface area contributed by atoms with Gasteiger partial charge in [-0.3, -0.25) is 9.59 Å². The van der Waals surface area contributed by atoms with Crippen molar-refractivity contribution < 1.29 is 14.0 Å². The number of nitrogens with zero attached hydrogens (tertiary/aromatic N) is 1. The van der Waals surface area contributed by atoms with E-state index in [1.807, 2.05) is 12.3 Å². The summed E-state index contributed by atoms with van der Waals surface area (Å²) in [5.41, 5.74) is 0.962. The number of thiophene rings is 1. The second-order valence-corrected chi connectivity index (χ2v) is 5.12. The summed E-state index contributed by atoms with van der Waals surface area (Å²) >= 11 is 1.46. The lowest BCUT2D eigenvalue weighted by Crippen LogP contribution is -2.29. The van der Waals surface area contributed by atoms with Crippen LogP contribution < -0.4 is 4.90 Å². The van der Waals surface area contributed by atoms with E-state index < -0.39 is 17.6 Å². The van der Waals surface area contributed by atoms with E-state index >= 15 is 0 Å². The maximum absolute atomic E-state index is 13.1. The molecule has 0 unspecified atom stereocenters. The molecule has 0 saturated heterocycles. The average Bonchev–Trinajstić information content (AvgIpc) is 2.84. The topological polar surface area (TPSA) is 37.4 Å². The number of amides is 2.